The highest BCUT2D eigenvalue weighted by Crippen LogP contribution is 2.22. The number of halogens is 2. The Labute approximate surface area is 180 Å². The molecule has 9 heteroatoms. The van der Waals surface area contributed by atoms with Gasteiger partial charge >= 0.3 is 0 Å². The summed E-state index contributed by atoms with van der Waals surface area (Å²) in [5.74, 6) is 0.277. The maximum atomic E-state index is 13.0. The van der Waals surface area contributed by atoms with Crippen molar-refractivity contribution in [1.82, 2.24) is 24.9 Å². The molecule has 1 aromatic rings. The average molecular weight is 434 g/mol. The monoisotopic (exact) mass is 433 g/mol. The lowest BCUT2D eigenvalue weighted by molar-refractivity contribution is -0.142. The van der Waals surface area contributed by atoms with Gasteiger partial charge in [-0.2, -0.15) is 5.10 Å². The van der Waals surface area contributed by atoms with Crippen LogP contribution in [0.2, 0.25) is 0 Å². The summed E-state index contributed by atoms with van der Waals surface area (Å²) in [6.45, 7) is 9.53. The topological polar surface area (TPSA) is 70.5 Å². The molecule has 2 fully saturated rings. The molecule has 0 radical (unpaired) electrons. The van der Waals surface area contributed by atoms with Crippen LogP contribution in [0.25, 0.3) is 0 Å². The zero-order valence-electron chi connectivity index (χ0n) is 17.2. The molecule has 1 aromatic heterocycles. The van der Waals surface area contributed by atoms with Gasteiger partial charge in [0.1, 0.15) is 0 Å². The second-order valence-electron chi connectivity index (χ2n) is 7.72. The summed E-state index contributed by atoms with van der Waals surface area (Å²) >= 11 is 0. The standard InChI is InChI=1S/C19H31N5O2.2ClH/c1-13(10-17-14(2)21-22(4)15(17)3)19(26)23-8-5-6-16(12-23)24-9-7-20-11-18(24)25;;/h13,16,20H,5-12H2,1-4H3;2*1H. The fourth-order valence-electron chi connectivity index (χ4n) is 4.23. The van der Waals surface area contributed by atoms with Crippen LogP contribution >= 0.6 is 24.8 Å². The van der Waals surface area contributed by atoms with Gasteiger partial charge in [-0.15, -0.1) is 24.8 Å². The fourth-order valence-corrected chi connectivity index (χ4v) is 4.23. The molecule has 0 spiro atoms. The van der Waals surface area contributed by atoms with Gasteiger partial charge in [-0.1, -0.05) is 6.92 Å². The van der Waals surface area contributed by atoms with Crippen molar-refractivity contribution in [2.24, 2.45) is 13.0 Å². The Morgan fingerprint density at radius 3 is 2.61 bits per heavy atom. The number of nitrogens with zero attached hydrogens (tertiary/aromatic N) is 4. The summed E-state index contributed by atoms with van der Waals surface area (Å²) in [7, 11) is 1.94. The number of aromatic nitrogens is 2. The first-order chi connectivity index (χ1) is 12.4. The minimum absolute atomic E-state index is 0. The molecule has 2 amide bonds. The molecule has 2 aliphatic heterocycles. The van der Waals surface area contributed by atoms with Crippen LogP contribution in [0.5, 0.6) is 0 Å². The lowest BCUT2D eigenvalue weighted by Gasteiger charge is -2.41. The smallest absolute Gasteiger partial charge is 0.236 e. The van der Waals surface area contributed by atoms with E-state index in [0.29, 0.717) is 13.1 Å². The molecule has 2 aliphatic rings. The van der Waals surface area contributed by atoms with Crippen molar-refractivity contribution in [1.29, 1.82) is 0 Å². The summed E-state index contributed by atoms with van der Waals surface area (Å²) < 4.78 is 1.88. The largest absolute Gasteiger partial charge is 0.340 e. The minimum Gasteiger partial charge on any atom is -0.340 e. The van der Waals surface area contributed by atoms with Crippen LogP contribution in [0.1, 0.15) is 36.7 Å². The third kappa shape index (κ3) is 5.19. The first-order valence-electron chi connectivity index (χ1n) is 9.66. The van der Waals surface area contributed by atoms with E-state index in [1.165, 1.54) is 5.56 Å². The first-order valence-corrected chi connectivity index (χ1v) is 9.66. The molecular weight excluding hydrogens is 401 g/mol. The molecule has 2 unspecified atom stereocenters. The number of piperazine rings is 1. The maximum absolute atomic E-state index is 13.0. The number of aryl methyl sites for hydroxylation is 2. The van der Waals surface area contributed by atoms with Crippen LogP contribution in [0.15, 0.2) is 0 Å². The van der Waals surface area contributed by atoms with Gasteiger partial charge < -0.3 is 15.1 Å². The van der Waals surface area contributed by atoms with Gasteiger partial charge in [0.05, 0.1) is 12.2 Å². The van der Waals surface area contributed by atoms with Crippen LogP contribution in [0, 0.1) is 19.8 Å². The first kappa shape index (κ1) is 24.7. The van der Waals surface area contributed by atoms with Gasteiger partial charge in [0.25, 0.3) is 0 Å². The number of rotatable bonds is 4. The van der Waals surface area contributed by atoms with Crippen molar-refractivity contribution in [3.63, 3.8) is 0 Å². The predicted octanol–water partition coefficient (Wildman–Crippen LogP) is 1.48. The zero-order chi connectivity index (χ0) is 18.8. The number of likely N-dealkylation sites (tertiary alicyclic amines) is 1. The number of hydrogen-bond donors (Lipinski definition) is 1. The van der Waals surface area contributed by atoms with E-state index in [2.05, 4.69) is 17.3 Å². The minimum atomic E-state index is -0.0749. The molecule has 28 heavy (non-hydrogen) atoms. The van der Waals surface area contributed by atoms with Crippen molar-refractivity contribution in [3.8, 4) is 0 Å². The van der Waals surface area contributed by atoms with E-state index in [0.717, 1.165) is 50.3 Å². The van der Waals surface area contributed by atoms with Gasteiger partial charge in [0.15, 0.2) is 0 Å². The Morgan fingerprint density at radius 1 is 1.29 bits per heavy atom. The van der Waals surface area contributed by atoms with E-state index < -0.39 is 0 Å². The van der Waals surface area contributed by atoms with E-state index in [9.17, 15) is 9.59 Å². The molecule has 3 heterocycles. The van der Waals surface area contributed by atoms with Crippen molar-refractivity contribution >= 4 is 36.6 Å². The van der Waals surface area contributed by atoms with E-state index in [1.54, 1.807) is 0 Å². The van der Waals surface area contributed by atoms with Crippen molar-refractivity contribution in [2.75, 3.05) is 32.7 Å². The van der Waals surface area contributed by atoms with Crippen molar-refractivity contribution in [3.05, 3.63) is 17.0 Å². The van der Waals surface area contributed by atoms with Gasteiger partial charge in [0.2, 0.25) is 11.8 Å². The molecule has 0 aromatic carbocycles. The summed E-state index contributed by atoms with van der Waals surface area (Å²) in [4.78, 5) is 29.1. The Morgan fingerprint density at radius 2 is 2.00 bits per heavy atom. The number of nitrogens with one attached hydrogen (secondary N) is 1. The Bertz CT molecular complexity index is 694. The van der Waals surface area contributed by atoms with Gasteiger partial charge in [-0.25, -0.2) is 0 Å². The number of piperidine rings is 1. The zero-order valence-corrected chi connectivity index (χ0v) is 18.9. The van der Waals surface area contributed by atoms with E-state index in [-0.39, 0.29) is 48.6 Å². The molecule has 0 bridgehead atoms. The molecule has 160 valence electrons. The molecule has 7 nitrogen and oxygen atoms in total. The third-order valence-corrected chi connectivity index (χ3v) is 5.87. The summed E-state index contributed by atoms with van der Waals surface area (Å²) in [5.41, 5.74) is 3.32. The predicted molar refractivity (Wildman–Crippen MR) is 114 cm³/mol. The van der Waals surface area contributed by atoms with Crippen LogP contribution in [0.4, 0.5) is 0 Å². The highest BCUT2D eigenvalue weighted by atomic mass is 35.5. The molecule has 1 N–H and O–H groups in total. The third-order valence-electron chi connectivity index (χ3n) is 5.87. The lowest BCUT2D eigenvalue weighted by Crippen LogP contribution is -2.58. The van der Waals surface area contributed by atoms with Gasteiger partial charge in [0, 0.05) is 50.9 Å². The molecule has 0 saturated carbocycles. The SMILES string of the molecule is Cc1nn(C)c(C)c1CC(C)C(=O)N1CCCC(N2CCNCC2=O)C1.Cl.Cl. The van der Waals surface area contributed by atoms with Crippen LogP contribution in [0.3, 0.4) is 0 Å². The number of carbonyl (C=O) groups excluding carboxylic acids is 2. The molecule has 3 rings (SSSR count). The second kappa shape index (κ2) is 10.5. The summed E-state index contributed by atoms with van der Waals surface area (Å²) in [5, 5.41) is 7.57. The van der Waals surface area contributed by atoms with Crippen LogP contribution in [-0.4, -0.2) is 70.2 Å². The fraction of sp³-hybridized carbons (Fsp3) is 0.737. The molecular formula is C19H33Cl2N5O2. The number of carbonyl (C=O) groups is 2. The van der Waals surface area contributed by atoms with Gasteiger partial charge in [-0.3, -0.25) is 14.3 Å². The lowest BCUT2D eigenvalue weighted by atomic mass is 9.96. The quantitative estimate of drug-likeness (QED) is 0.780. The normalized spacial score (nSPS) is 21.0. The van der Waals surface area contributed by atoms with Crippen molar-refractivity contribution < 1.29 is 9.59 Å². The molecule has 2 atom stereocenters. The van der Waals surface area contributed by atoms with E-state index in [1.807, 2.05) is 35.4 Å². The highest BCUT2D eigenvalue weighted by molar-refractivity contribution is 5.85. The number of amides is 2. The van der Waals surface area contributed by atoms with Crippen molar-refractivity contribution in [2.45, 2.75) is 46.1 Å². The van der Waals surface area contributed by atoms with E-state index in [4.69, 9.17) is 0 Å². The molecule has 2 saturated heterocycles. The molecule has 0 aliphatic carbocycles. The summed E-state index contributed by atoms with van der Waals surface area (Å²) in [6, 6.07) is 0.163. The Kier molecular flexibility index (Phi) is 9.24. The average Bonchev–Trinajstić information content (AvgIpc) is 2.87. The number of hydrogen-bond acceptors (Lipinski definition) is 4. The van der Waals surface area contributed by atoms with E-state index >= 15 is 0 Å². The highest BCUT2D eigenvalue weighted by Gasteiger charge is 2.33. The van der Waals surface area contributed by atoms with Crippen LogP contribution < -0.4 is 5.32 Å². The maximum Gasteiger partial charge on any atom is 0.236 e. The Balaban J connectivity index is 0.00000196. The Hall–Kier alpha value is -1.31. The van der Waals surface area contributed by atoms with Crippen LogP contribution in [-0.2, 0) is 23.1 Å². The second-order valence-corrected chi connectivity index (χ2v) is 7.72. The summed E-state index contributed by atoms with van der Waals surface area (Å²) in [6.07, 6.45) is 2.67. The van der Waals surface area contributed by atoms with Gasteiger partial charge in [-0.05, 0) is 38.7 Å².